The number of rotatable bonds is 6. The zero-order valence-electron chi connectivity index (χ0n) is 17.3. The summed E-state index contributed by atoms with van der Waals surface area (Å²) in [4.78, 5) is 38.9. The Labute approximate surface area is 188 Å². The summed E-state index contributed by atoms with van der Waals surface area (Å²) in [5.41, 5.74) is 2.44. The lowest BCUT2D eigenvalue weighted by molar-refractivity contribution is 0.0438. The predicted molar refractivity (Wildman–Crippen MR) is 116 cm³/mol. The molecule has 2 heterocycles. The molecule has 0 saturated heterocycles. The number of hydrogen-bond acceptors (Lipinski definition) is 7. The monoisotopic (exact) mass is 439 g/mol. The molecular formula is C25H17N3O5. The molecule has 8 nitrogen and oxygen atoms in total. The summed E-state index contributed by atoms with van der Waals surface area (Å²) in [5.74, 6) is -0.781. The van der Waals surface area contributed by atoms with Gasteiger partial charge in [0.2, 0.25) is 5.89 Å². The van der Waals surface area contributed by atoms with Gasteiger partial charge >= 0.3 is 5.97 Å². The first kappa shape index (κ1) is 20.3. The molecule has 0 fully saturated rings. The van der Waals surface area contributed by atoms with Crippen molar-refractivity contribution < 1.29 is 23.5 Å². The molecule has 2 amide bonds. The number of imide groups is 1. The number of esters is 1. The Morgan fingerprint density at radius 1 is 0.848 bits per heavy atom. The summed E-state index contributed by atoms with van der Waals surface area (Å²) in [5, 5.41) is 7.87. The maximum Gasteiger partial charge on any atom is 0.338 e. The molecule has 0 aliphatic carbocycles. The van der Waals surface area contributed by atoms with Crippen molar-refractivity contribution in [1.82, 2.24) is 15.1 Å². The third-order valence-electron chi connectivity index (χ3n) is 5.20. The standard InChI is InChI=1S/C25H17N3O5/c29-23-19-11-4-5-12-20(19)24(30)28(23)14-16-7-6-10-18(13-16)25(31)32-15-21-26-27-22(33-21)17-8-2-1-3-9-17/h1-13H,14-15H2. The fourth-order valence-electron chi connectivity index (χ4n) is 3.58. The van der Waals surface area contributed by atoms with Crippen LogP contribution in [-0.4, -0.2) is 32.9 Å². The van der Waals surface area contributed by atoms with Gasteiger partial charge in [-0.2, -0.15) is 0 Å². The number of ether oxygens (including phenoxy) is 1. The number of carbonyl (C=O) groups is 3. The topological polar surface area (TPSA) is 103 Å². The number of aromatic nitrogens is 2. The second kappa shape index (κ2) is 8.51. The molecule has 5 rings (SSSR count). The van der Waals surface area contributed by atoms with E-state index in [2.05, 4.69) is 10.2 Å². The molecule has 0 unspecified atom stereocenters. The summed E-state index contributed by atoms with van der Waals surface area (Å²) in [7, 11) is 0. The number of hydrogen-bond donors (Lipinski definition) is 0. The number of amides is 2. The molecule has 33 heavy (non-hydrogen) atoms. The third kappa shape index (κ3) is 4.01. The highest BCUT2D eigenvalue weighted by Gasteiger charge is 2.35. The minimum absolute atomic E-state index is 0.0531. The van der Waals surface area contributed by atoms with Crippen LogP contribution in [0.1, 0.15) is 42.5 Å². The van der Waals surface area contributed by atoms with Gasteiger partial charge in [0.05, 0.1) is 23.2 Å². The van der Waals surface area contributed by atoms with E-state index in [0.29, 0.717) is 22.6 Å². The minimum Gasteiger partial charge on any atom is -0.452 e. The van der Waals surface area contributed by atoms with Gasteiger partial charge in [-0.25, -0.2) is 4.79 Å². The summed E-state index contributed by atoms with van der Waals surface area (Å²) >= 11 is 0. The van der Waals surface area contributed by atoms with Crippen LogP contribution in [0.15, 0.2) is 83.3 Å². The van der Waals surface area contributed by atoms with Gasteiger partial charge < -0.3 is 9.15 Å². The molecule has 1 aliphatic heterocycles. The van der Waals surface area contributed by atoms with E-state index < -0.39 is 5.97 Å². The van der Waals surface area contributed by atoms with Crippen LogP contribution in [0.25, 0.3) is 11.5 Å². The van der Waals surface area contributed by atoms with Crippen molar-refractivity contribution in [1.29, 1.82) is 0 Å². The van der Waals surface area contributed by atoms with Crippen molar-refractivity contribution in [3.05, 3.63) is 107 Å². The lowest BCUT2D eigenvalue weighted by Gasteiger charge is -2.14. The number of carbonyl (C=O) groups excluding carboxylic acids is 3. The van der Waals surface area contributed by atoms with Crippen molar-refractivity contribution >= 4 is 17.8 Å². The second-order valence-electron chi connectivity index (χ2n) is 7.39. The summed E-state index contributed by atoms with van der Waals surface area (Å²) < 4.78 is 10.8. The first-order valence-electron chi connectivity index (χ1n) is 10.2. The average molecular weight is 439 g/mol. The van der Waals surface area contributed by atoms with E-state index in [1.807, 2.05) is 30.3 Å². The summed E-state index contributed by atoms with van der Waals surface area (Å²) in [6.45, 7) is -0.126. The SMILES string of the molecule is O=C(OCc1nnc(-c2ccccc2)o1)c1cccc(CN2C(=O)c3ccccc3C2=O)c1. The molecule has 1 aromatic heterocycles. The van der Waals surface area contributed by atoms with Crippen LogP contribution >= 0.6 is 0 Å². The van der Waals surface area contributed by atoms with Crippen LogP contribution in [0.5, 0.6) is 0 Å². The number of benzene rings is 3. The molecule has 8 heteroatoms. The van der Waals surface area contributed by atoms with Gasteiger partial charge in [-0.15, -0.1) is 10.2 Å². The summed E-state index contributed by atoms with van der Waals surface area (Å²) in [6.07, 6.45) is 0. The molecule has 4 aromatic rings. The molecule has 0 saturated carbocycles. The van der Waals surface area contributed by atoms with Crippen molar-refractivity contribution in [2.75, 3.05) is 0 Å². The van der Waals surface area contributed by atoms with Gasteiger partial charge in [0.1, 0.15) is 0 Å². The van der Waals surface area contributed by atoms with E-state index in [9.17, 15) is 14.4 Å². The van der Waals surface area contributed by atoms with Crippen molar-refractivity contribution in [3.8, 4) is 11.5 Å². The fourth-order valence-corrected chi connectivity index (χ4v) is 3.58. The molecule has 3 aromatic carbocycles. The van der Waals surface area contributed by atoms with Crippen LogP contribution in [-0.2, 0) is 17.9 Å². The van der Waals surface area contributed by atoms with Crippen molar-refractivity contribution in [3.63, 3.8) is 0 Å². The lowest BCUT2D eigenvalue weighted by atomic mass is 10.1. The number of fused-ring (bicyclic) bond motifs is 1. The summed E-state index contributed by atoms with van der Waals surface area (Å²) in [6, 6.07) is 22.6. The molecule has 0 N–H and O–H groups in total. The van der Waals surface area contributed by atoms with Crippen molar-refractivity contribution in [2.45, 2.75) is 13.2 Å². The van der Waals surface area contributed by atoms with E-state index in [-0.39, 0.29) is 36.4 Å². The van der Waals surface area contributed by atoms with E-state index in [0.717, 1.165) is 5.56 Å². The van der Waals surface area contributed by atoms with Gasteiger partial charge in [0.15, 0.2) is 6.61 Å². The van der Waals surface area contributed by atoms with Gasteiger partial charge in [0, 0.05) is 5.56 Å². The number of nitrogens with zero attached hydrogens (tertiary/aromatic N) is 3. The first-order chi connectivity index (χ1) is 16.1. The van der Waals surface area contributed by atoms with E-state index in [1.54, 1.807) is 48.5 Å². The van der Waals surface area contributed by atoms with E-state index in [1.165, 1.54) is 4.90 Å². The molecular weight excluding hydrogens is 422 g/mol. The van der Waals surface area contributed by atoms with E-state index in [4.69, 9.17) is 9.15 Å². The van der Waals surface area contributed by atoms with Crippen LogP contribution in [0.4, 0.5) is 0 Å². The average Bonchev–Trinajstić information content (AvgIpc) is 3.43. The first-order valence-corrected chi connectivity index (χ1v) is 10.2. The van der Waals surface area contributed by atoms with Crippen LogP contribution in [0.3, 0.4) is 0 Å². The zero-order chi connectivity index (χ0) is 22.8. The zero-order valence-corrected chi connectivity index (χ0v) is 17.3. The molecule has 0 bridgehead atoms. The normalized spacial score (nSPS) is 12.7. The highest BCUT2D eigenvalue weighted by atomic mass is 16.5. The highest BCUT2D eigenvalue weighted by molar-refractivity contribution is 6.21. The molecule has 1 aliphatic rings. The Morgan fingerprint density at radius 2 is 1.55 bits per heavy atom. The second-order valence-corrected chi connectivity index (χ2v) is 7.39. The third-order valence-corrected chi connectivity index (χ3v) is 5.20. The lowest BCUT2D eigenvalue weighted by Crippen LogP contribution is -2.29. The Balaban J connectivity index is 1.24. The smallest absolute Gasteiger partial charge is 0.338 e. The van der Waals surface area contributed by atoms with E-state index >= 15 is 0 Å². The quantitative estimate of drug-likeness (QED) is 0.332. The minimum atomic E-state index is -0.585. The maximum atomic E-state index is 12.6. The Kier molecular flexibility index (Phi) is 5.24. The van der Waals surface area contributed by atoms with Crippen molar-refractivity contribution in [2.24, 2.45) is 0 Å². The Hall–Kier alpha value is -4.59. The largest absolute Gasteiger partial charge is 0.452 e. The molecule has 162 valence electrons. The van der Waals surface area contributed by atoms with Crippen LogP contribution < -0.4 is 0 Å². The Bertz CT molecular complexity index is 1330. The van der Waals surface area contributed by atoms with Gasteiger partial charge in [-0.3, -0.25) is 14.5 Å². The van der Waals surface area contributed by atoms with Crippen LogP contribution in [0, 0.1) is 0 Å². The molecule has 0 radical (unpaired) electrons. The predicted octanol–water partition coefficient (Wildman–Crippen LogP) is 3.89. The van der Waals surface area contributed by atoms with Gasteiger partial charge in [-0.1, -0.05) is 42.5 Å². The van der Waals surface area contributed by atoms with Crippen LogP contribution in [0.2, 0.25) is 0 Å². The molecule has 0 atom stereocenters. The maximum absolute atomic E-state index is 12.6. The molecule has 0 spiro atoms. The van der Waals surface area contributed by atoms with Gasteiger partial charge in [-0.05, 0) is 42.0 Å². The Morgan fingerprint density at radius 3 is 2.27 bits per heavy atom. The van der Waals surface area contributed by atoms with Gasteiger partial charge in [0.25, 0.3) is 17.7 Å². The highest BCUT2D eigenvalue weighted by Crippen LogP contribution is 2.24. The fraction of sp³-hybridized carbons (Fsp3) is 0.0800.